The van der Waals surface area contributed by atoms with E-state index in [-0.39, 0.29) is 35.2 Å². The van der Waals surface area contributed by atoms with Crippen LogP contribution in [-0.4, -0.2) is 141 Å². The van der Waals surface area contributed by atoms with Gasteiger partial charge in [0.2, 0.25) is 11.8 Å². The van der Waals surface area contributed by atoms with Gasteiger partial charge in [-0.2, -0.15) is 5.10 Å². The van der Waals surface area contributed by atoms with Gasteiger partial charge in [-0.3, -0.25) is 24.0 Å². The fourth-order valence-corrected chi connectivity index (χ4v) is 7.34. The monoisotopic (exact) mass is 873 g/mol. The molecule has 3 fully saturated rings. The second kappa shape index (κ2) is 25.5. The molecule has 4 N–H and O–H groups in total. The fourth-order valence-electron chi connectivity index (χ4n) is 7.34. The summed E-state index contributed by atoms with van der Waals surface area (Å²) in [5.74, 6) is -1.26. The van der Waals surface area contributed by atoms with E-state index in [1.165, 1.54) is 13.0 Å². The normalized spacial score (nSPS) is 15.1. The lowest BCUT2D eigenvalue weighted by Crippen LogP contribution is -2.52. The second-order valence-electron chi connectivity index (χ2n) is 15.0. The molecule has 17 heteroatoms. The van der Waals surface area contributed by atoms with Crippen molar-refractivity contribution in [2.45, 2.75) is 53.9 Å². The highest BCUT2D eigenvalue weighted by Crippen LogP contribution is 2.39. The average molecular weight is 874 g/mol. The molecule has 63 heavy (non-hydrogen) atoms. The summed E-state index contributed by atoms with van der Waals surface area (Å²) in [5.41, 5.74) is 3.10. The number of ether oxygens (including phenoxy) is 2. The summed E-state index contributed by atoms with van der Waals surface area (Å²) < 4.78 is 25.4. The number of hydrogen-bond donors (Lipinski definition) is 4. The molecule has 0 atom stereocenters. The number of carbonyl (C=O) groups excluding carboxylic acids is 4. The number of rotatable bonds is 14. The van der Waals surface area contributed by atoms with E-state index in [2.05, 4.69) is 36.0 Å². The van der Waals surface area contributed by atoms with Crippen LogP contribution >= 0.6 is 0 Å². The van der Waals surface area contributed by atoms with Crippen LogP contribution in [0.4, 0.5) is 15.8 Å². The number of pyridine rings is 1. The molecule has 3 aliphatic rings. The van der Waals surface area contributed by atoms with Crippen molar-refractivity contribution in [3.63, 3.8) is 0 Å². The summed E-state index contributed by atoms with van der Waals surface area (Å²) in [5, 5.41) is 16.7. The number of H-pyrrole nitrogens is 1. The van der Waals surface area contributed by atoms with Gasteiger partial charge in [-0.05, 0) is 49.7 Å². The molecule has 3 aliphatic heterocycles. The van der Waals surface area contributed by atoms with Crippen LogP contribution in [0.25, 0.3) is 10.8 Å². The van der Waals surface area contributed by atoms with E-state index in [4.69, 9.17) is 9.47 Å². The lowest BCUT2D eigenvalue weighted by Gasteiger charge is -2.47. The van der Waals surface area contributed by atoms with Gasteiger partial charge in [-0.1, -0.05) is 52.0 Å². The zero-order chi connectivity index (χ0) is 45.8. The summed E-state index contributed by atoms with van der Waals surface area (Å²) in [6, 6.07) is 13.4. The quantitative estimate of drug-likeness (QED) is 0.104. The van der Waals surface area contributed by atoms with Crippen molar-refractivity contribution >= 4 is 46.2 Å². The predicted molar refractivity (Wildman–Crippen MR) is 243 cm³/mol. The van der Waals surface area contributed by atoms with Crippen molar-refractivity contribution in [3.05, 3.63) is 93.4 Å². The van der Waals surface area contributed by atoms with Gasteiger partial charge in [0.15, 0.2) is 6.29 Å². The molecule has 0 radical (unpaired) electrons. The zero-order valence-electron chi connectivity index (χ0n) is 37.6. The van der Waals surface area contributed by atoms with Crippen molar-refractivity contribution in [2.24, 2.45) is 5.41 Å². The van der Waals surface area contributed by atoms with E-state index in [9.17, 15) is 28.4 Å². The molecule has 3 saturated heterocycles. The van der Waals surface area contributed by atoms with Crippen LogP contribution in [0.2, 0.25) is 0 Å². The van der Waals surface area contributed by atoms with Crippen LogP contribution in [0.3, 0.4) is 0 Å². The zero-order valence-corrected chi connectivity index (χ0v) is 37.6. The van der Waals surface area contributed by atoms with Crippen LogP contribution < -0.4 is 26.4 Å². The van der Waals surface area contributed by atoms with E-state index in [0.29, 0.717) is 91.8 Å². The number of piperidine rings is 1. The van der Waals surface area contributed by atoms with E-state index in [1.54, 1.807) is 40.3 Å². The van der Waals surface area contributed by atoms with E-state index < -0.39 is 11.7 Å². The molecule has 4 aromatic rings. The summed E-state index contributed by atoms with van der Waals surface area (Å²) in [4.78, 5) is 69.6. The fraction of sp³-hybridized carbons (Fsp3) is 0.500. The molecule has 3 amide bonds. The molecule has 5 heterocycles. The number of aromatic nitrogens is 3. The number of aromatic amines is 1. The average Bonchev–Trinajstić information content (AvgIpc) is 3.31. The largest absolute Gasteiger partial charge is 0.380 e. The van der Waals surface area contributed by atoms with Crippen molar-refractivity contribution in [2.75, 3.05) is 103 Å². The SMILES string of the molecule is CC.CC.CC(=O)Nc1cc(N2CCC3(CC2)COC3)cnc1C=O.CNCCOCCNCC(=O)N1CCN(C(=O)c2cc(Cc3n[nH]c(=O)c4ccccc34)ccc2F)CC1. The highest BCUT2D eigenvalue weighted by Gasteiger charge is 2.41. The second-order valence-corrected chi connectivity index (χ2v) is 15.0. The molecule has 1 spiro atoms. The first kappa shape index (κ1) is 50.0. The van der Waals surface area contributed by atoms with Gasteiger partial charge in [0, 0.05) is 76.5 Å². The number of hydrogen-bond acceptors (Lipinski definition) is 12. The van der Waals surface area contributed by atoms with Crippen LogP contribution in [0.15, 0.2) is 59.5 Å². The summed E-state index contributed by atoms with van der Waals surface area (Å²) in [7, 11) is 1.86. The minimum absolute atomic E-state index is 0.0176. The van der Waals surface area contributed by atoms with Gasteiger partial charge < -0.3 is 40.1 Å². The third-order valence-corrected chi connectivity index (χ3v) is 10.9. The minimum Gasteiger partial charge on any atom is -0.380 e. The Morgan fingerprint density at radius 1 is 0.921 bits per heavy atom. The molecule has 7 rings (SSSR count). The smallest absolute Gasteiger partial charge is 0.272 e. The minimum atomic E-state index is -0.599. The molecule has 16 nitrogen and oxygen atoms in total. The highest BCUT2D eigenvalue weighted by atomic mass is 19.1. The van der Waals surface area contributed by atoms with Crippen LogP contribution in [0.1, 0.15) is 79.6 Å². The number of anilines is 2. The van der Waals surface area contributed by atoms with Crippen molar-refractivity contribution in [1.29, 1.82) is 0 Å². The molecule has 0 bridgehead atoms. The van der Waals surface area contributed by atoms with Crippen LogP contribution in [-0.2, 0) is 25.5 Å². The topological polar surface area (TPSA) is 191 Å². The standard InChI is InChI=1S/C27H33FN6O4.C15H19N3O3.2C2H6/c1-29-8-14-38-15-9-30-18-25(35)33-10-12-34(13-11-33)27(37)22-16-19(6-7-23(22)28)17-24-20-4-2-3-5-21(20)26(36)32-31-24;1-11(20)17-13-6-12(7-16-14(13)8-19)18-4-2-15(3-5-18)9-21-10-15;2*1-2/h2-7,16,29-30H,8-15,17-18H2,1H3,(H,32,36);6-8H,2-5,9-10H2,1H3,(H,17,20);2*1-2H3. The maximum absolute atomic E-state index is 14.7. The van der Waals surface area contributed by atoms with Gasteiger partial charge in [0.1, 0.15) is 11.5 Å². The van der Waals surface area contributed by atoms with E-state index >= 15 is 0 Å². The number of likely N-dealkylation sites (N-methyl/N-ethyl adjacent to an activating group) is 1. The number of amides is 3. The number of piperazine rings is 1. The van der Waals surface area contributed by atoms with Crippen molar-refractivity contribution < 1.29 is 33.0 Å². The summed E-state index contributed by atoms with van der Waals surface area (Å²) >= 11 is 0. The molecule has 2 aromatic heterocycles. The van der Waals surface area contributed by atoms with Crippen molar-refractivity contribution in [1.82, 2.24) is 35.6 Å². The molecule has 2 aromatic carbocycles. The van der Waals surface area contributed by atoms with E-state index in [0.717, 1.165) is 51.4 Å². The Labute approximate surface area is 369 Å². The number of halogens is 1. The number of aldehydes is 1. The lowest BCUT2D eigenvalue weighted by molar-refractivity contribution is -0.131. The Bertz CT molecular complexity index is 2160. The Kier molecular flexibility index (Phi) is 20.2. The lowest BCUT2D eigenvalue weighted by atomic mass is 9.77. The number of benzene rings is 2. The highest BCUT2D eigenvalue weighted by molar-refractivity contribution is 5.95. The number of carbonyl (C=O) groups is 4. The maximum atomic E-state index is 14.7. The number of nitrogens with one attached hydrogen (secondary N) is 4. The van der Waals surface area contributed by atoms with E-state index in [1.807, 2.05) is 52.9 Å². The van der Waals surface area contributed by atoms with Gasteiger partial charge in [0.05, 0.1) is 67.2 Å². The van der Waals surface area contributed by atoms with Crippen LogP contribution in [0.5, 0.6) is 0 Å². The first-order valence-corrected chi connectivity index (χ1v) is 21.9. The predicted octanol–water partition coefficient (Wildman–Crippen LogP) is 4.28. The first-order valence-electron chi connectivity index (χ1n) is 21.9. The third kappa shape index (κ3) is 13.9. The summed E-state index contributed by atoms with van der Waals surface area (Å²) in [6.45, 7) is 17.2. The Morgan fingerprint density at radius 2 is 1.59 bits per heavy atom. The molecule has 342 valence electrons. The van der Waals surface area contributed by atoms with Gasteiger partial charge in [0.25, 0.3) is 11.5 Å². The third-order valence-electron chi connectivity index (χ3n) is 10.9. The molecular formula is C46H64FN9O7. The molecule has 0 aliphatic carbocycles. The maximum Gasteiger partial charge on any atom is 0.272 e. The number of nitrogens with zero attached hydrogens (tertiary/aromatic N) is 5. The molecular weight excluding hydrogens is 810 g/mol. The van der Waals surface area contributed by atoms with Gasteiger partial charge >= 0.3 is 0 Å². The Morgan fingerprint density at radius 3 is 2.22 bits per heavy atom. The number of fused-ring (bicyclic) bond motifs is 1. The van der Waals surface area contributed by atoms with Gasteiger partial charge in [-0.25, -0.2) is 14.5 Å². The summed E-state index contributed by atoms with van der Waals surface area (Å²) in [6.07, 6.45) is 4.90. The van der Waals surface area contributed by atoms with Gasteiger partial charge in [-0.15, -0.1) is 0 Å². The van der Waals surface area contributed by atoms with Crippen molar-refractivity contribution in [3.8, 4) is 0 Å². The Hall–Kier alpha value is -5.62. The molecule has 0 saturated carbocycles. The molecule has 0 unspecified atom stereocenters. The van der Waals surface area contributed by atoms with Crippen LogP contribution in [0, 0.1) is 11.2 Å². The Balaban J connectivity index is 0.000000293. The first-order chi connectivity index (χ1) is 30.6.